The van der Waals surface area contributed by atoms with Gasteiger partial charge in [0, 0.05) is 12.4 Å². The number of aromatic nitrogens is 3. The van der Waals surface area contributed by atoms with Gasteiger partial charge in [-0.15, -0.1) is 0 Å². The Hall–Kier alpha value is -2.64. The average molecular weight is 262 g/mol. The fraction of sp³-hybridized carbons (Fsp3) is 0.273. The summed E-state index contributed by atoms with van der Waals surface area (Å²) in [6, 6.07) is -0.524. The van der Waals surface area contributed by atoms with E-state index >= 15 is 0 Å². The molecule has 4 N–H and O–H groups in total. The van der Waals surface area contributed by atoms with E-state index in [1.54, 1.807) is 23.1 Å². The summed E-state index contributed by atoms with van der Waals surface area (Å²) < 4.78 is 1.55. The molecular formula is C11H14N6O2. The molecule has 0 aromatic carbocycles. The van der Waals surface area contributed by atoms with Crippen molar-refractivity contribution in [3.05, 3.63) is 30.4 Å². The van der Waals surface area contributed by atoms with Gasteiger partial charge in [-0.05, 0) is 6.42 Å². The summed E-state index contributed by atoms with van der Waals surface area (Å²) in [6.07, 6.45) is 6.73. The standard InChI is InChI=1S/C11H14N6O2/c1-2-8(10(12)16-19)15-11(18)7-5-14-17-4-3-13-6-9(7)17/h3-6,8,19H,2H2,1H3,(H2,12,16)(H,15,18). The van der Waals surface area contributed by atoms with Crippen LogP contribution in [0.15, 0.2) is 29.9 Å². The van der Waals surface area contributed by atoms with Gasteiger partial charge < -0.3 is 16.3 Å². The molecule has 8 nitrogen and oxygen atoms in total. The Morgan fingerprint density at radius 2 is 2.42 bits per heavy atom. The lowest BCUT2D eigenvalue weighted by Crippen LogP contribution is -2.44. The number of nitrogens with one attached hydrogen (secondary N) is 1. The molecule has 1 atom stereocenters. The third-order valence-electron chi connectivity index (χ3n) is 2.76. The minimum atomic E-state index is -0.524. The molecule has 1 amide bonds. The van der Waals surface area contributed by atoms with E-state index in [1.165, 1.54) is 6.20 Å². The minimum Gasteiger partial charge on any atom is -0.409 e. The van der Waals surface area contributed by atoms with Crippen molar-refractivity contribution in [2.24, 2.45) is 10.9 Å². The van der Waals surface area contributed by atoms with E-state index in [0.29, 0.717) is 17.5 Å². The molecule has 100 valence electrons. The van der Waals surface area contributed by atoms with Crippen LogP contribution in [0.4, 0.5) is 0 Å². The quantitative estimate of drug-likeness (QED) is 0.310. The van der Waals surface area contributed by atoms with Crippen LogP contribution in [-0.2, 0) is 0 Å². The van der Waals surface area contributed by atoms with Gasteiger partial charge in [0.2, 0.25) is 0 Å². The lowest BCUT2D eigenvalue weighted by molar-refractivity contribution is 0.0947. The lowest BCUT2D eigenvalue weighted by Gasteiger charge is -2.14. The summed E-state index contributed by atoms with van der Waals surface area (Å²) in [6.45, 7) is 1.82. The molecular weight excluding hydrogens is 248 g/mol. The van der Waals surface area contributed by atoms with Crippen LogP contribution in [0.1, 0.15) is 23.7 Å². The first-order chi connectivity index (χ1) is 9.17. The topological polar surface area (TPSA) is 118 Å². The van der Waals surface area contributed by atoms with Crippen molar-refractivity contribution in [2.45, 2.75) is 19.4 Å². The van der Waals surface area contributed by atoms with Crippen molar-refractivity contribution >= 4 is 17.3 Å². The van der Waals surface area contributed by atoms with Gasteiger partial charge >= 0.3 is 0 Å². The van der Waals surface area contributed by atoms with Crippen LogP contribution < -0.4 is 11.1 Å². The number of oxime groups is 1. The number of rotatable bonds is 4. The predicted molar refractivity (Wildman–Crippen MR) is 67.9 cm³/mol. The second-order valence-corrected chi connectivity index (χ2v) is 3.92. The van der Waals surface area contributed by atoms with Gasteiger partial charge in [-0.2, -0.15) is 5.10 Å². The molecule has 8 heteroatoms. The number of amidine groups is 1. The molecule has 19 heavy (non-hydrogen) atoms. The van der Waals surface area contributed by atoms with Gasteiger partial charge in [0.1, 0.15) is 0 Å². The van der Waals surface area contributed by atoms with E-state index in [0.717, 1.165) is 0 Å². The van der Waals surface area contributed by atoms with Crippen LogP contribution >= 0.6 is 0 Å². The monoisotopic (exact) mass is 262 g/mol. The first-order valence-corrected chi connectivity index (χ1v) is 5.73. The van der Waals surface area contributed by atoms with Crippen LogP contribution in [0.2, 0.25) is 0 Å². The van der Waals surface area contributed by atoms with Gasteiger partial charge in [-0.3, -0.25) is 9.78 Å². The molecule has 1 unspecified atom stereocenters. The van der Waals surface area contributed by atoms with E-state index in [-0.39, 0.29) is 11.7 Å². The van der Waals surface area contributed by atoms with Crippen LogP contribution in [0.25, 0.3) is 5.52 Å². The third kappa shape index (κ3) is 2.46. The van der Waals surface area contributed by atoms with E-state index in [1.807, 2.05) is 6.92 Å². The lowest BCUT2D eigenvalue weighted by atomic mass is 10.2. The molecule has 0 fully saturated rings. The SMILES string of the molecule is CCC(NC(=O)c1cnn2ccncc12)/C(N)=N/O. The fourth-order valence-electron chi connectivity index (χ4n) is 1.70. The van der Waals surface area contributed by atoms with Crippen molar-refractivity contribution < 1.29 is 10.0 Å². The van der Waals surface area contributed by atoms with Gasteiger partial charge in [0.15, 0.2) is 5.84 Å². The zero-order valence-electron chi connectivity index (χ0n) is 10.3. The van der Waals surface area contributed by atoms with Gasteiger partial charge in [0.25, 0.3) is 5.91 Å². The van der Waals surface area contributed by atoms with Crippen LogP contribution in [-0.4, -0.2) is 37.6 Å². The van der Waals surface area contributed by atoms with Crippen molar-refractivity contribution in [1.29, 1.82) is 0 Å². The van der Waals surface area contributed by atoms with Crippen molar-refractivity contribution in [1.82, 2.24) is 19.9 Å². The summed E-state index contributed by atoms with van der Waals surface area (Å²) in [5.41, 5.74) is 6.47. The Kier molecular flexibility index (Phi) is 3.60. The maximum absolute atomic E-state index is 12.1. The number of amides is 1. The molecule has 0 aliphatic carbocycles. The van der Waals surface area contributed by atoms with Gasteiger partial charge in [-0.1, -0.05) is 12.1 Å². The molecule has 0 saturated heterocycles. The third-order valence-corrected chi connectivity index (χ3v) is 2.76. The summed E-state index contributed by atoms with van der Waals surface area (Å²) in [7, 11) is 0. The molecule has 2 aromatic rings. The van der Waals surface area contributed by atoms with E-state index in [2.05, 4.69) is 20.6 Å². The van der Waals surface area contributed by atoms with E-state index in [9.17, 15) is 4.79 Å². The zero-order valence-corrected chi connectivity index (χ0v) is 10.3. The summed E-state index contributed by atoms with van der Waals surface area (Å²) in [5.74, 6) is -0.383. The normalized spacial score (nSPS) is 13.4. The fourth-order valence-corrected chi connectivity index (χ4v) is 1.70. The second kappa shape index (κ2) is 5.34. The average Bonchev–Trinajstić information content (AvgIpc) is 2.87. The highest BCUT2D eigenvalue weighted by molar-refractivity contribution is 6.02. The van der Waals surface area contributed by atoms with E-state index < -0.39 is 6.04 Å². The number of nitrogens with zero attached hydrogens (tertiary/aromatic N) is 4. The van der Waals surface area contributed by atoms with Crippen LogP contribution in [0.3, 0.4) is 0 Å². The van der Waals surface area contributed by atoms with Crippen molar-refractivity contribution in [3.8, 4) is 0 Å². The van der Waals surface area contributed by atoms with Gasteiger partial charge in [0.05, 0.1) is 29.5 Å². The number of carbonyl (C=O) groups is 1. The number of hydrogen-bond donors (Lipinski definition) is 3. The molecule has 0 aliphatic heterocycles. The maximum atomic E-state index is 12.1. The number of hydrogen-bond acceptors (Lipinski definition) is 5. The summed E-state index contributed by atoms with van der Waals surface area (Å²) >= 11 is 0. The van der Waals surface area contributed by atoms with Crippen molar-refractivity contribution in [3.63, 3.8) is 0 Å². The molecule has 2 rings (SSSR count). The molecule has 0 spiro atoms. The van der Waals surface area contributed by atoms with Crippen LogP contribution in [0.5, 0.6) is 0 Å². The van der Waals surface area contributed by atoms with E-state index in [4.69, 9.17) is 10.9 Å². The first kappa shape index (κ1) is 12.8. The van der Waals surface area contributed by atoms with Crippen molar-refractivity contribution in [2.75, 3.05) is 0 Å². The second-order valence-electron chi connectivity index (χ2n) is 3.92. The number of carbonyl (C=O) groups excluding carboxylic acids is 1. The Balaban J connectivity index is 2.25. The summed E-state index contributed by atoms with van der Waals surface area (Å²) in [5, 5.41) is 18.3. The molecule has 0 saturated carbocycles. The van der Waals surface area contributed by atoms with Crippen LogP contribution in [0, 0.1) is 0 Å². The Labute approximate surface area is 108 Å². The molecule has 0 aliphatic rings. The highest BCUT2D eigenvalue weighted by Crippen LogP contribution is 2.09. The largest absolute Gasteiger partial charge is 0.409 e. The predicted octanol–water partition coefficient (Wildman–Crippen LogP) is -0.0159. The number of fused-ring (bicyclic) bond motifs is 1. The highest BCUT2D eigenvalue weighted by atomic mass is 16.4. The zero-order chi connectivity index (χ0) is 13.8. The Bertz CT molecular complexity index is 620. The smallest absolute Gasteiger partial charge is 0.255 e. The minimum absolute atomic E-state index is 0.0366. The van der Waals surface area contributed by atoms with Gasteiger partial charge in [-0.25, -0.2) is 4.52 Å². The molecule has 2 aromatic heterocycles. The molecule has 2 heterocycles. The highest BCUT2D eigenvalue weighted by Gasteiger charge is 2.18. The summed E-state index contributed by atoms with van der Waals surface area (Å²) in [4.78, 5) is 16.1. The molecule has 0 bridgehead atoms. The Morgan fingerprint density at radius 3 is 3.11 bits per heavy atom. The molecule has 0 radical (unpaired) electrons. The Morgan fingerprint density at radius 1 is 1.63 bits per heavy atom. The number of nitrogens with two attached hydrogens (primary N) is 1. The maximum Gasteiger partial charge on any atom is 0.255 e. The first-order valence-electron chi connectivity index (χ1n) is 5.73.